The van der Waals surface area contributed by atoms with Crippen molar-refractivity contribution in [2.75, 3.05) is 26.2 Å². The molecule has 0 unspecified atom stereocenters. The van der Waals surface area contributed by atoms with Gasteiger partial charge in [-0.2, -0.15) is 0 Å². The maximum atomic E-state index is 13.2. The molecule has 31 heavy (non-hydrogen) atoms. The second-order valence-corrected chi connectivity index (χ2v) is 8.87. The number of ketones is 1. The van der Waals surface area contributed by atoms with Crippen LogP contribution in [-0.4, -0.2) is 62.0 Å². The number of rotatable bonds is 6. The van der Waals surface area contributed by atoms with Crippen molar-refractivity contribution in [2.45, 2.75) is 40.2 Å². The van der Waals surface area contributed by atoms with Crippen LogP contribution in [0.5, 0.6) is 0 Å². The predicted octanol–water partition coefficient (Wildman–Crippen LogP) is 2.51. The van der Waals surface area contributed by atoms with Gasteiger partial charge in [-0.1, -0.05) is 13.3 Å². The topological polar surface area (TPSA) is 90.8 Å². The largest absolute Gasteiger partial charge is 0.354 e. The van der Waals surface area contributed by atoms with Gasteiger partial charge < -0.3 is 9.88 Å². The van der Waals surface area contributed by atoms with E-state index in [1.54, 1.807) is 23.6 Å². The van der Waals surface area contributed by atoms with Crippen LogP contribution in [0, 0.1) is 6.92 Å². The Balaban J connectivity index is 1.45. The third-order valence-electron chi connectivity index (χ3n) is 5.76. The molecule has 9 heteroatoms. The molecule has 0 aromatic carbocycles. The predicted molar refractivity (Wildman–Crippen MR) is 120 cm³/mol. The number of hydrogen-bond acceptors (Lipinski definition) is 6. The number of aromatic amines is 1. The zero-order valence-electron chi connectivity index (χ0n) is 18.1. The van der Waals surface area contributed by atoms with Crippen molar-refractivity contribution >= 4 is 28.0 Å². The van der Waals surface area contributed by atoms with Crippen LogP contribution < -0.4 is 5.56 Å². The molecule has 0 aliphatic carbocycles. The van der Waals surface area contributed by atoms with Gasteiger partial charge in [-0.15, -0.1) is 11.3 Å². The molecule has 1 aliphatic heterocycles. The number of aromatic nitrogens is 3. The van der Waals surface area contributed by atoms with Gasteiger partial charge in [0.05, 0.1) is 5.69 Å². The first-order valence-corrected chi connectivity index (χ1v) is 11.5. The molecule has 164 valence electrons. The molecule has 1 saturated heterocycles. The fourth-order valence-electron chi connectivity index (χ4n) is 4.30. The van der Waals surface area contributed by atoms with Crippen molar-refractivity contribution in [3.63, 3.8) is 0 Å². The van der Waals surface area contributed by atoms with Crippen molar-refractivity contribution in [3.8, 4) is 0 Å². The summed E-state index contributed by atoms with van der Waals surface area (Å²) in [6.07, 6.45) is 3.30. The monoisotopic (exact) mass is 441 g/mol. The number of hydrogen-bond donors (Lipinski definition) is 1. The Hall–Kier alpha value is -2.78. The van der Waals surface area contributed by atoms with E-state index >= 15 is 0 Å². The minimum absolute atomic E-state index is 0.00724. The van der Waals surface area contributed by atoms with Gasteiger partial charge in [0, 0.05) is 61.6 Å². The van der Waals surface area contributed by atoms with E-state index in [1.807, 2.05) is 24.1 Å². The van der Waals surface area contributed by atoms with E-state index in [1.165, 1.54) is 11.3 Å². The van der Waals surface area contributed by atoms with E-state index < -0.39 is 0 Å². The smallest absolute Gasteiger partial charge is 0.270 e. The van der Waals surface area contributed by atoms with Crippen LogP contribution in [0.1, 0.15) is 58.1 Å². The zero-order valence-corrected chi connectivity index (χ0v) is 18.9. The molecule has 0 spiro atoms. The summed E-state index contributed by atoms with van der Waals surface area (Å²) in [5.41, 5.74) is 3.50. The SMILES string of the molecule is CCCc1c(C(=O)N2CCN(Cc3cc(=O)n4ccsc4n3)CC2)[nH]c(C)c1C(C)=O. The van der Waals surface area contributed by atoms with Crippen molar-refractivity contribution in [1.82, 2.24) is 24.2 Å². The first-order chi connectivity index (χ1) is 14.9. The quantitative estimate of drug-likeness (QED) is 0.594. The van der Waals surface area contributed by atoms with E-state index in [4.69, 9.17) is 0 Å². The highest BCUT2D eigenvalue weighted by molar-refractivity contribution is 7.15. The highest BCUT2D eigenvalue weighted by atomic mass is 32.1. The van der Waals surface area contributed by atoms with Crippen molar-refractivity contribution in [2.24, 2.45) is 0 Å². The summed E-state index contributed by atoms with van der Waals surface area (Å²) in [5.74, 6) is -0.0535. The average Bonchev–Trinajstić information content (AvgIpc) is 3.33. The van der Waals surface area contributed by atoms with E-state index in [0.29, 0.717) is 55.4 Å². The lowest BCUT2D eigenvalue weighted by Crippen LogP contribution is -2.48. The van der Waals surface area contributed by atoms with Crippen molar-refractivity contribution < 1.29 is 9.59 Å². The van der Waals surface area contributed by atoms with E-state index in [0.717, 1.165) is 23.4 Å². The highest BCUT2D eigenvalue weighted by Crippen LogP contribution is 2.23. The number of nitrogens with one attached hydrogen (secondary N) is 1. The van der Waals surface area contributed by atoms with E-state index in [-0.39, 0.29) is 17.2 Å². The number of amides is 1. The van der Waals surface area contributed by atoms with Crippen LogP contribution in [0.15, 0.2) is 22.4 Å². The van der Waals surface area contributed by atoms with Crippen LogP contribution in [0.2, 0.25) is 0 Å². The average molecular weight is 442 g/mol. The molecule has 0 atom stereocenters. The molecule has 0 bridgehead atoms. The molecular formula is C22H27N5O3S. The minimum Gasteiger partial charge on any atom is -0.354 e. The van der Waals surface area contributed by atoms with Gasteiger partial charge in [0.1, 0.15) is 5.69 Å². The number of Topliss-reactive ketones (excluding diaryl/α,β-unsaturated/α-hetero) is 1. The number of carbonyl (C=O) groups excluding carboxylic acids is 2. The van der Waals surface area contributed by atoms with E-state index in [9.17, 15) is 14.4 Å². The lowest BCUT2D eigenvalue weighted by atomic mass is 10.0. The summed E-state index contributed by atoms with van der Waals surface area (Å²) in [6.45, 7) is 8.64. The molecule has 4 rings (SSSR count). The molecular weight excluding hydrogens is 414 g/mol. The Morgan fingerprint density at radius 3 is 2.65 bits per heavy atom. The summed E-state index contributed by atoms with van der Waals surface area (Å²) in [6, 6.07) is 1.58. The van der Waals surface area contributed by atoms with Crippen molar-refractivity contribution in [1.29, 1.82) is 0 Å². The van der Waals surface area contributed by atoms with Crippen molar-refractivity contribution in [3.05, 3.63) is 56.2 Å². The van der Waals surface area contributed by atoms with Gasteiger partial charge >= 0.3 is 0 Å². The molecule has 1 aliphatic rings. The summed E-state index contributed by atoms with van der Waals surface area (Å²) < 4.78 is 1.55. The summed E-state index contributed by atoms with van der Waals surface area (Å²) >= 11 is 1.44. The Labute approximate surface area is 184 Å². The van der Waals surface area contributed by atoms with Crippen LogP contribution in [0.4, 0.5) is 0 Å². The first kappa shape index (κ1) is 21.5. The minimum atomic E-state index is -0.0677. The van der Waals surface area contributed by atoms with Crippen LogP contribution in [0.25, 0.3) is 4.96 Å². The number of nitrogens with zero attached hydrogens (tertiary/aromatic N) is 4. The van der Waals surface area contributed by atoms with Gasteiger partial charge in [-0.25, -0.2) is 4.98 Å². The molecule has 0 radical (unpaired) electrons. The van der Waals surface area contributed by atoms with Gasteiger partial charge in [0.25, 0.3) is 11.5 Å². The molecule has 1 amide bonds. The summed E-state index contributed by atoms with van der Waals surface area (Å²) in [5, 5.41) is 1.85. The summed E-state index contributed by atoms with van der Waals surface area (Å²) in [4.78, 5) is 50.0. The number of thiazole rings is 1. The molecule has 3 aromatic rings. The number of carbonyl (C=O) groups is 2. The van der Waals surface area contributed by atoms with Gasteiger partial charge in [-0.3, -0.25) is 23.7 Å². The van der Waals surface area contributed by atoms with Crippen LogP contribution >= 0.6 is 11.3 Å². The molecule has 3 aromatic heterocycles. The molecule has 4 heterocycles. The molecule has 8 nitrogen and oxygen atoms in total. The Kier molecular flexibility index (Phi) is 6.06. The highest BCUT2D eigenvalue weighted by Gasteiger charge is 2.28. The lowest BCUT2D eigenvalue weighted by Gasteiger charge is -2.34. The maximum absolute atomic E-state index is 13.2. The maximum Gasteiger partial charge on any atom is 0.270 e. The third-order valence-corrected chi connectivity index (χ3v) is 6.51. The lowest BCUT2D eigenvalue weighted by molar-refractivity contribution is 0.0621. The first-order valence-electron chi connectivity index (χ1n) is 10.6. The number of H-pyrrole nitrogens is 1. The van der Waals surface area contributed by atoms with Gasteiger partial charge in [0.2, 0.25) is 0 Å². The normalized spacial score (nSPS) is 15.0. The Bertz CT molecular complexity index is 1180. The standard InChI is InChI=1S/C22H27N5O3S/c1-4-5-17-19(15(3)28)14(2)23-20(17)21(30)26-8-6-25(7-9-26)13-16-12-18(29)27-10-11-31-22(27)24-16/h10-12,23H,4-9,13H2,1-3H3. The molecule has 0 saturated carbocycles. The van der Waals surface area contributed by atoms with Crippen LogP contribution in [-0.2, 0) is 13.0 Å². The second-order valence-electron chi connectivity index (χ2n) is 7.99. The molecule has 1 N–H and O–H groups in total. The second kappa shape index (κ2) is 8.76. The zero-order chi connectivity index (χ0) is 22.1. The number of piperazine rings is 1. The van der Waals surface area contributed by atoms with Gasteiger partial charge in [0.15, 0.2) is 10.7 Å². The molecule has 1 fully saturated rings. The summed E-state index contributed by atoms with van der Waals surface area (Å²) in [7, 11) is 0. The fourth-order valence-corrected chi connectivity index (χ4v) is 5.04. The third kappa shape index (κ3) is 4.20. The fraction of sp³-hybridized carbons (Fsp3) is 0.455. The number of aryl methyl sites for hydroxylation is 1. The van der Waals surface area contributed by atoms with Crippen LogP contribution in [0.3, 0.4) is 0 Å². The number of fused-ring (bicyclic) bond motifs is 1. The van der Waals surface area contributed by atoms with E-state index in [2.05, 4.69) is 14.9 Å². The Morgan fingerprint density at radius 2 is 1.97 bits per heavy atom. The van der Waals surface area contributed by atoms with Gasteiger partial charge in [-0.05, 0) is 25.8 Å². The Morgan fingerprint density at radius 1 is 1.23 bits per heavy atom.